The Balaban J connectivity index is 3.06. The summed E-state index contributed by atoms with van der Waals surface area (Å²) in [5.41, 5.74) is -1.27. The van der Waals surface area contributed by atoms with Crippen molar-refractivity contribution in [3.8, 4) is 0 Å². The van der Waals surface area contributed by atoms with Gasteiger partial charge in [-0.3, -0.25) is 9.59 Å². The Morgan fingerprint density at radius 2 is 1.96 bits per heavy atom. The van der Waals surface area contributed by atoms with E-state index in [0.29, 0.717) is 19.6 Å². The molecule has 1 N–H and O–H groups in total. The van der Waals surface area contributed by atoms with E-state index in [0.717, 1.165) is 18.2 Å². The molecule has 26 heavy (non-hydrogen) atoms. The second-order valence-corrected chi connectivity index (χ2v) is 6.20. The van der Waals surface area contributed by atoms with Crippen LogP contribution in [0, 0.1) is 5.92 Å². The average molecular weight is 396 g/mol. The number of hydrogen-bond acceptors (Lipinski definition) is 3. The van der Waals surface area contributed by atoms with E-state index in [2.05, 4.69) is 0 Å². The topological polar surface area (TPSA) is 66.8 Å². The molecule has 0 fully saturated rings. The van der Waals surface area contributed by atoms with Gasteiger partial charge in [-0.25, -0.2) is 0 Å². The average Bonchev–Trinajstić information content (AvgIpc) is 2.55. The number of hydrogen-bond donors (Lipinski definition) is 1. The molecule has 1 unspecified atom stereocenters. The Morgan fingerprint density at radius 3 is 2.50 bits per heavy atom. The van der Waals surface area contributed by atoms with Crippen LogP contribution >= 0.6 is 11.6 Å². The first kappa shape index (κ1) is 22.2. The van der Waals surface area contributed by atoms with Gasteiger partial charge in [-0.1, -0.05) is 18.5 Å². The molecule has 0 aliphatic carbocycles. The fraction of sp³-hybridized carbons (Fsp3) is 0.529. The van der Waals surface area contributed by atoms with Gasteiger partial charge in [0.15, 0.2) is 0 Å². The number of carbonyl (C=O) groups excluding carboxylic acids is 1. The van der Waals surface area contributed by atoms with Crippen molar-refractivity contribution < 1.29 is 32.6 Å². The van der Waals surface area contributed by atoms with Gasteiger partial charge in [0.1, 0.15) is 0 Å². The lowest BCUT2D eigenvalue weighted by molar-refractivity contribution is -0.141. The van der Waals surface area contributed by atoms with Crippen molar-refractivity contribution in [2.24, 2.45) is 5.92 Å². The molecule has 0 spiro atoms. The zero-order valence-electron chi connectivity index (χ0n) is 14.5. The molecule has 1 atom stereocenters. The van der Waals surface area contributed by atoms with E-state index < -0.39 is 29.5 Å². The van der Waals surface area contributed by atoms with E-state index in [-0.39, 0.29) is 23.7 Å². The number of rotatable bonds is 9. The van der Waals surface area contributed by atoms with Crippen LogP contribution < -0.4 is 0 Å². The quantitative estimate of drug-likeness (QED) is 0.643. The SMILES string of the molecule is CCOCCCN(CC(C)C(=O)O)C(=O)c1cc(Cl)cc(C(F)(F)F)c1. The Hall–Kier alpha value is -1.80. The number of carbonyl (C=O) groups is 2. The van der Waals surface area contributed by atoms with Crippen molar-refractivity contribution in [3.63, 3.8) is 0 Å². The number of carboxylic acids is 1. The third-order valence-corrected chi connectivity index (χ3v) is 3.81. The van der Waals surface area contributed by atoms with Crippen molar-refractivity contribution >= 4 is 23.5 Å². The van der Waals surface area contributed by atoms with Crippen molar-refractivity contribution in [1.29, 1.82) is 0 Å². The molecular formula is C17H21ClF3NO4. The molecule has 0 aliphatic rings. The first-order valence-corrected chi connectivity index (χ1v) is 8.41. The number of nitrogens with zero attached hydrogens (tertiary/aromatic N) is 1. The van der Waals surface area contributed by atoms with Gasteiger partial charge in [-0.05, 0) is 31.5 Å². The number of ether oxygens (including phenoxy) is 1. The molecule has 0 aliphatic heterocycles. The van der Waals surface area contributed by atoms with Gasteiger partial charge in [-0.15, -0.1) is 0 Å². The van der Waals surface area contributed by atoms with E-state index in [1.165, 1.54) is 11.8 Å². The van der Waals surface area contributed by atoms with E-state index in [1.807, 2.05) is 0 Å². The third kappa shape index (κ3) is 6.84. The summed E-state index contributed by atoms with van der Waals surface area (Å²) < 4.78 is 44.0. The summed E-state index contributed by atoms with van der Waals surface area (Å²) >= 11 is 5.72. The minimum absolute atomic E-state index is 0.131. The second-order valence-electron chi connectivity index (χ2n) is 5.77. The minimum Gasteiger partial charge on any atom is -0.481 e. The molecule has 146 valence electrons. The van der Waals surface area contributed by atoms with Gasteiger partial charge >= 0.3 is 12.1 Å². The Kier molecular flexibility index (Phi) is 8.36. The van der Waals surface area contributed by atoms with E-state index in [4.69, 9.17) is 21.4 Å². The van der Waals surface area contributed by atoms with Gasteiger partial charge in [-0.2, -0.15) is 13.2 Å². The van der Waals surface area contributed by atoms with Gasteiger partial charge in [0.25, 0.3) is 5.91 Å². The smallest absolute Gasteiger partial charge is 0.416 e. The molecule has 0 saturated carbocycles. The van der Waals surface area contributed by atoms with Crippen LogP contribution in [0.15, 0.2) is 18.2 Å². The predicted molar refractivity (Wildman–Crippen MR) is 90.3 cm³/mol. The van der Waals surface area contributed by atoms with Gasteiger partial charge in [0, 0.05) is 36.9 Å². The Labute approximate surface area is 154 Å². The van der Waals surface area contributed by atoms with Crippen LogP contribution in [0.2, 0.25) is 5.02 Å². The van der Waals surface area contributed by atoms with Gasteiger partial charge < -0.3 is 14.7 Å². The Bertz CT molecular complexity index is 637. The van der Waals surface area contributed by atoms with Crippen LogP contribution in [0.25, 0.3) is 0 Å². The van der Waals surface area contributed by atoms with Crippen LogP contribution in [0.3, 0.4) is 0 Å². The summed E-state index contributed by atoms with van der Waals surface area (Å²) in [4.78, 5) is 25.0. The molecule has 0 radical (unpaired) electrons. The lowest BCUT2D eigenvalue weighted by Gasteiger charge is -2.25. The van der Waals surface area contributed by atoms with Crippen molar-refractivity contribution in [3.05, 3.63) is 34.3 Å². The number of halogens is 4. The molecular weight excluding hydrogens is 375 g/mol. The zero-order chi connectivity index (χ0) is 19.9. The number of aliphatic carboxylic acids is 1. The standard InChI is InChI=1S/C17H21ClF3NO4/c1-3-26-6-4-5-22(10-11(2)16(24)25)15(23)12-7-13(17(19,20)21)9-14(18)8-12/h7-9,11H,3-6,10H2,1-2H3,(H,24,25). The molecule has 0 bridgehead atoms. The summed E-state index contributed by atoms with van der Waals surface area (Å²) in [6.07, 6.45) is -4.22. The minimum atomic E-state index is -4.64. The van der Waals surface area contributed by atoms with E-state index in [1.54, 1.807) is 6.92 Å². The van der Waals surface area contributed by atoms with Crippen molar-refractivity contribution in [2.45, 2.75) is 26.4 Å². The highest BCUT2D eigenvalue weighted by molar-refractivity contribution is 6.31. The fourth-order valence-electron chi connectivity index (χ4n) is 2.25. The van der Waals surface area contributed by atoms with Crippen molar-refractivity contribution in [2.75, 3.05) is 26.3 Å². The molecule has 0 saturated heterocycles. The van der Waals surface area contributed by atoms with Crippen LogP contribution in [0.5, 0.6) is 0 Å². The summed E-state index contributed by atoms with van der Waals surface area (Å²) in [7, 11) is 0. The number of benzene rings is 1. The van der Waals surface area contributed by atoms with Gasteiger partial charge in [0.05, 0.1) is 11.5 Å². The molecule has 5 nitrogen and oxygen atoms in total. The number of alkyl halides is 3. The van der Waals surface area contributed by atoms with E-state index in [9.17, 15) is 22.8 Å². The highest BCUT2D eigenvalue weighted by Crippen LogP contribution is 2.32. The molecule has 9 heteroatoms. The van der Waals surface area contributed by atoms with Crippen molar-refractivity contribution in [1.82, 2.24) is 4.90 Å². The van der Waals surface area contributed by atoms with Crippen LogP contribution in [0.4, 0.5) is 13.2 Å². The van der Waals surface area contributed by atoms with Crippen LogP contribution in [0.1, 0.15) is 36.2 Å². The summed E-state index contributed by atoms with van der Waals surface area (Å²) in [6, 6.07) is 2.59. The largest absolute Gasteiger partial charge is 0.481 e. The number of amides is 1. The second kappa shape index (κ2) is 9.78. The molecule has 1 rings (SSSR count). The lowest BCUT2D eigenvalue weighted by Crippen LogP contribution is -2.38. The van der Waals surface area contributed by atoms with Crippen LogP contribution in [-0.4, -0.2) is 48.2 Å². The summed E-state index contributed by atoms with van der Waals surface area (Å²) in [5.74, 6) is -2.68. The Morgan fingerprint density at radius 1 is 1.31 bits per heavy atom. The van der Waals surface area contributed by atoms with Gasteiger partial charge in [0.2, 0.25) is 0 Å². The summed E-state index contributed by atoms with van der Waals surface area (Å²) in [6.45, 7) is 4.09. The lowest BCUT2D eigenvalue weighted by atomic mass is 10.1. The first-order chi connectivity index (χ1) is 12.1. The molecule has 1 amide bonds. The molecule has 0 aromatic heterocycles. The number of carboxylic acid groups (broad SMARTS) is 1. The predicted octanol–water partition coefficient (Wildman–Crippen LogP) is 3.95. The fourth-order valence-corrected chi connectivity index (χ4v) is 2.48. The molecule has 0 heterocycles. The maximum atomic E-state index is 12.9. The molecule has 1 aromatic carbocycles. The zero-order valence-corrected chi connectivity index (χ0v) is 15.2. The molecule has 1 aromatic rings. The first-order valence-electron chi connectivity index (χ1n) is 8.03. The van der Waals surface area contributed by atoms with Crippen LogP contribution in [-0.2, 0) is 15.7 Å². The highest BCUT2D eigenvalue weighted by atomic mass is 35.5. The normalized spacial score (nSPS) is 12.7. The highest BCUT2D eigenvalue weighted by Gasteiger charge is 2.32. The maximum Gasteiger partial charge on any atom is 0.416 e. The maximum absolute atomic E-state index is 12.9. The third-order valence-electron chi connectivity index (χ3n) is 3.60. The summed E-state index contributed by atoms with van der Waals surface area (Å²) in [5, 5.41) is 8.84. The van der Waals surface area contributed by atoms with E-state index >= 15 is 0 Å². The monoisotopic (exact) mass is 395 g/mol.